The Morgan fingerprint density at radius 3 is 1.27 bits per heavy atom. The highest BCUT2D eigenvalue weighted by atomic mass is 19.2. The van der Waals surface area contributed by atoms with E-state index in [9.17, 15) is 65.0 Å². The van der Waals surface area contributed by atoms with Gasteiger partial charge in [0.05, 0.1) is 146 Å². The van der Waals surface area contributed by atoms with Crippen LogP contribution in [0, 0.1) is 34.9 Å². The number of anilines is 5. The number of carboxylic acid groups (broad SMARTS) is 1. The van der Waals surface area contributed by atoms with Crippen LogP contribution in [0.2, 0.25) is 0 Å². The Balaban J connectivity index is 0.000000115. The van der Waals surface area contributed by atoms with Crippen LogP contribution in [-0.2, 0) is 6.42 Å². The number of ether oxygens (including phenoxy) is 2. The number of piperazine rings is 1. The molecule has 21 aromatic rings. The van der Waals surface area contributed by atoms with Gasteiger partial charge in [0, 0.05) is 50.4 Å². The third kappa shape index (κ3) is 19.5. The maximum Gasteiger partial charge on any atom is 0.337 e. The molecule has 2 aliphatic rings. The molecule has 1 saturated heterocycles. The number of nitrogens with one attached hydrogen (secondary N) is 15. The van der Waals surface area contributed by atoms with Crippen molar-refractivity contribution in [3.8, 4) is 69.1 Å². The smallest absolute Gasteiger partial charge is 0.337 e. The number of carboxylic acids is 1. The summed E-state index contributed by atoms with van der Waals surface area (Å²) >= 11 is 0. The molecule has 0 aliphatic carbocycles. The first kappa shape index (κ1) is 93.5. The molecule has 720 valence electrons. The van der Waals surface area contributed by atoms with Gasteiger partial charge in [0.1, 0.15) is 97.1 Å². The second kappa shape index (κ2) is 40.6. The van der Waals surface area contributed by atoms with E-state index in [1.54, 1.807) is 80.4 Å². The zero-order valence-electron chi connectivity index (χ0n) is 75.6. The standard InChI is InChI=1S/C25H25F2N7O2.C22H17N5O2.C19H15N5O2.C18H11F2N5O3.C16H10F2N6O/c1-14(2)33-8-10-34(11-9-33)25(36)15-6-7-18-19(12-15)30-23(29-18)22-20(13-28-32-22)31-24(35)21-16(26)4-3-5-17(21)27;1-29-18-11-10-13-6-2-3-7-14(13)19(18)22(28)26-17-12-23-27-20(17)21-24-15-8-4-5-9-16(15)25-21;25-19(12-5-3-4-11-8-9-26-17(11)12)23-15-10-20-24-16(15)18-21-13-6-1-2-7-14(13)22-18;19-9-4-2-5-10(20)13(9)17(26)23-12-7-21-25-15(12)16-22-11-6-1-3-8(18(27)28)14(11)24-16;17-8-2-1-3-9(18)13(8)16(25)23-12-7-20-24-14(12)15-21-10-4-5-19-6-11(10)22-15/h3-7,12-14H,8-11H2,1-2H3,(H,28,32)(H,29,30)(H,31,35);2-12H,1H3,(H,23,27)(H,24,25)(H,26,28);1-7,10H,8-9H2,(H,20,24)(H,21,22)(H,23,25);1-7H,(H,21,25)(H,22,24)(H,23,26)(H,27,28);1-7H,(H,20,24)(H,21,22)(H,23,25). The van der Waals surface area contributed by atoms with Crippen LogP contribution in [-0.4, -0.2) is 208 Å². The number of hydrogen-bond acceptors (Lipinski definition) is 21. The summed E-state index contributed by atoms with van der Waals surface area (Å²) in [7, 11) is 1.55. The van der Waals surface area contributed by atoms with E-state index in [4.69, 9.17) is 9.47 Å². The first-order valence-electron chi connectivity index (χ1n) is 44.3. The Kier molecular flexibility index (Phi) is 26.4. The monoisotopic (exact) mass is 1940 g/mol. The number of rotatable bonds is 19. The van der Waals surface area contributed by atoms with E-state index in [2.05, 4.69) is 151 Å². The van der Waals surface area contributed by atoms with Crippen LogP contribution in [0.3, 0.4) is 0 Å². The molecule has 44 heteroatoms. The fraction of sp³-hybridized carbons (Fsp3) is 0.100. The largest absolute Gasteiger partial charge is 0.496 e. The molecule has 11 aromatic heterocycles. The Morgan fingerprint density at radius 1 is 0.396 bits per heavy atom. The Morgan fingerprint density at radius 2 is 0.799 bits per heavy atom. The lowest BCUT2D eigenvalue weighted by Gasteiger charge is -2.36. The van der Waals surface area contributed by atoms with Gasteiger partial charge in [0.15, 0.2) is 29.1 Å². The molecule has 0 atom stereocenters. The van der Waals surface area contributed by atoms with E-state index in [1.165, 1.54) is 36.8 Å². The zero-order chi connectivity index (χ0) is 99.9. The van der Waals surface area contributed by atoms with Crippen LogP contribution in [0.5, 0.6) is 11.5 Å². The molecule has 6 amide bonds. The molecule has 13 heterocycles. The fourth-order valence-corrected chi connectivity index (χ4v) is 16.3. The van der Waals surface area contributed by atoms with Gasteiger partial charge in [-0.1, -0.05) is 91.0 Å². The Bertz CT molecular complexity index is 8330. The molecule has 38 nitrogen and oxygen atoms in total. The fourth-order valence-electron chi connectivity index (χ4n) is 16.3. The minimum absolute atomic E-state index is 0.00136. The average molecular weight is 1950 g/mol. The maximum absolute atomic E-state index is 14.0. The van der Waals surface area contributed by atoms with Crippen molar-refractivity contribution in [3.05, 3.63) is 323 Å². The van der Waals surface area contributed by atoms with Crippen LogP contribution >= 0.6 is 0 Å². The molecule has 0 bridgehead atoms. The lowest BCUT2D eigenvalue weighted by Crippen LogP contribution is -2.50. The van der Waals surface area contributed by atoms with Crippen molar-refractivity contribution in [2.75, 3.05) is 66.5 Å². The van der Waals surface area contributed by atoms with Crippen molar-refractivity contribution in [3.63, 3.8) is 0 Å². The van der Waals surface area contributed by atoms with Crippen molar-refractivity contribution in [1.82, 2.24) is 116 Å². The number of methoxy groups -OCH3 is 1. The maximum atomic E-state index is 14.0. The number of pyridine rings is 1. The molecule has 0 saturated carbocycles. The van der Waals surface area contributed by atoms with Crippen molar-refractivity contribution in [2.24, 2.45) is 0 Å². The van der Waals surface area contributed by atoms with Crippen LogP contribution < -0.4 is 36.1 Å². The van der Waals surface area contributed by atoms with Crippen molar-refractivity contribution in [2.45, 2.75) is 26.3 Å². The SMILES string of the molecule is CC(C)N1CCN(C(=O)c2ccc3nc(-c4[nH]ncc4NC(=O)c4c(F)cccc4F)[nH]c3c2)CC1.COc1ccc2ccccc2c1C(=O)Nc1cn[nH]c1-c1nc2ccccc2[nH]1.O=C(Nc1cn[nH]c1-c1nc2c(C(=O)O)cccc2[nH]1)c1c(F)cccc1F.O=C(Nc1cn[nH]c1-c1nc2ccccc2[nH]1)c1cccc2c1OCC2.O=C(Nc1cn[nH]c1-c1nc2ccncc2[nH]1)c1c(F)cccc1F. The van der Waals surface area contributed by atoms with E-state index < -0.39 is 75.3 Å². The van der Waals surface area contributed by atoms with Gasteiger partial charge in [-0.25, -0.2) is 56.1 Å². The highest BCUT2D eigenvalue weighted by Crippen LogP contribution is 2.37. The minimum atomic E-state index is -1.14. The van der Waals surface area contributed by atoms with Gasteiger partial charge in [0.25, 0.3) is 35.4 Å². The number of halogens is 6. The zero-order valence-corrected chi connectivity index (χ0v) is 75.6. The van der Waals surface area contributed by atoms with Crippen LogP contribution in [0.15, 0.2) is 244 Å². The first-order chi connectivity index (χ1) is 69.9. The molecule has 1 fully saturated rings. The number of aromatic amines is 10. The number of benzene rings is 10. The van der Waals surface area contributed by atoms with E-state index >= 15 is 0 Å². The predicted molar refractivity (Wildman–Crippen MR) is 521 cm³/mol. The van der Waals surface area contributed by atoms with E-state index in [1.807, 2.05) is 95.9 Å². The molecule has 16 N–H and O–H groups in total. The molecule has 0 unspecified atom stereocenters. The van der Waals surface area contributed by atoms with Gasteiger partial charge < -0.3 is 71.0 Å². The summed E-state index contributed by atoms with van der Waals surface area (Å²) < 4.78 is 94.2. The number of imidazole rings is 5. The third-order valence-electron chi connectivity index (χ3n) is 23.4. The first-order valence-corrected chi connectivity index (χ1v) is 44.3. The number of amides is 6. The number of hydrogen-bond donors (Lipinski definition) is 16. The molecule has 0 spiro atoms. The lowest BCUT2D eigenvalue weighted by molar-refractivity contribution is 0.0594. The normalized spacial score (nSPS) is 12.2. The van der Waals surface area contributed by atoms with Gasteiger partial charge >= 0.3 is 5.97 Å². The molecule has 2 aliphatic heterocycles. The number of aromatic carboxylic acids is 1. The third-order valence-corrected chi connectivity index (χ3v) is 23.4. The minimum Gasteiger partial charge on any atom is -0.496 e. The second-order valence-electron chi connectivity index (χ2n) is 32.6. The van der Waals surface area contributed by atoms with E-state index in [-0.39, 0.29) is 57.4 Å². The molecule has 0 radical (unpaired) electrons. The van der Waals surface area contributed by atoms with E-state index in [0.717, 1.165) is 100 Å². The predicted octanol–water partition coefficient (Wildman–Crippen LogP) is 17.2. The van der Waals surface area contributed by atoms with Gasteiger partial charge in [-0.15, -0.1) is 0 Å². The van der Waals surface area contributed by atoms with Crippen LogP contribution in [0.4, 0.5) is 54.8 Å². The summed E-state index contributed by atoms with van der Waals surface area (Å²) in [5, 5.41) is 57.8. The number of fused-ring (bicyclic) bond motifs is 7. The highest BCUT2D eigenvalue weighted by molar-refractivity contribution is 6.16. The summed E-state index contributed by atoms with van der Waals surface area (Å²) in [6.45, 7) is 7.92. The number of nitrogens with zero attached hydrogens (tertiary/aromatic N) is 13. The van der Waals surface area contributed by atoms with Crippen LogP contribution in [0.25, 0.3) is 124 Å². The summed E-state index contributed by atoms with van der Waals surface area (Å²) in [4.78, 5) is 133. The van der Waals surface area contributed by atoms with Gasteiger partial charge in [-0.05, 0) is 139 Å². The summed E-state index contributed by atoms with van der Waals surface area (Å²) in [5.74, 6) is -7.05. The van der Waals surface area contributed by atoms with Crippen molar-refractivity contribution >= 4 is 136 Å². The van der Waals surface area contributed by atoms with Crippen LogP contribution in [0.1, 0.15) is 91.9 Å². The summed E-state index contributed by atoms with van der Waals surface area (Å²) in [6.07, 6.45) is 11.1. The summed E-state index contributed by atoms with van der Waals surface area (Å²) in [6, 6.07) is 54.1. The number of para-hydroxylation sites is 6. The number of H-pyrrole nitrogens is 10. The second-order valence-corrected chi connectivity index (χ2v) is 32.6. The quantitative estimate of drug-likeness (QED) is 0.0334. The molecular weight excluding hydrogens is 1870 g/mol. The Labute approximate surface area is 806 Å². The van der Waals surface area contributed by atoms with E-state index in [0.29, 0.717) is 139 Å². The average Bonchev–Trinajstić information content (AvgIpc) is 1.77. The summed E-state index contributed by atoms with van der Waals surface area (Å²) in [5.41, 5.74) is 11.1. The number of carbonyl (C=O) groups is 7. The molecular formula is C100H78F6N28O10. The van der Waals surface area contributed by atoms with Crippen molar-refractivity contribution in [1.29, 1.82) is 0 Å². The van der Waals surface area contributed by atoms with Gasteiger partial charge in [-0.3, -0.25) is 64.1 Å². The molecule has 144 heavy (non-hydrogen) atoms. The Hall–Kier alpha value is -19.6. The highest BCUT2D eigenvalue weighted by Gasteiger charge is 2.31. The van der Waals surface area contributed by atoms with Gasteiger partial charge in [0.2, 0.25) is 0 Å². The topological polar surface area (TPSA) is 524 Å². The number of carbonyl (C=O) groups excluding carboxylic acids is 6. The molecule has 10 aromatic carbocycles. The van der Waals surface area contributed by atoms with Gasteiger partial charge in [-0.2, -0.15) is 25.5 Å². The molecule has 23 rings (SSSR count). The number of aromatic nitrogens is 21. The lowest BCUT2D eigenvalue weighted by atomic mass is 10.0. The van der Waals surface area contributed by atoms with Crippen molar-refractivity contribution < 1.29 is 74.5 Å².